The Balaban J connectivity index is 2.01. The van der Waals surface area contributed by atoms with Crippen molar-refractivity contribution in [3.63, 3.8) is 0 Å². The van der Waals surface area contributed by atoms with Crippen molar-refractivity contribution in [2.24, 2.45) is 0 Å². The van der Waals surface area contributed by atoms with Crippen molar-refractivity contribution in [3.05, 3.63) is 36.3 Å². The van der Waals surface area contributed by atoms with E-state index in [-0.39, 0.29) is 0 Å². The van der Waals surface area contributed by atoms with E-state index in [1.165, 1.54) is 22.5 Å². The van der Waals surface area contributed by atoms with E-state index in [0.29, 0.717) is 6.04 Å². The third-order valence-corrected chi connectivity index (χ3v) is 4.16. The summed E-state index contributed by atoms with van der Waals surface area (Å²) in [6.07, 6.45) is 7.24. The van der Waals surface area contributed by atoms with Gasteiger partial charge in [0.15, 0.2) is 0 Å². The topological polar surface area (TPSA) is 39.1 Å². The summed E-state index contributed by atoms with van der Waals surface area (Å²) in [4.78, 5) is 4.39. The molecule has 1 aliphatic rings. The maximum absolute atomic E-state index is 5.40. The molecule has 3 rings (SSSR count). The van der Waals surface area contributed by atoms with Gasteiger partial charge in [-0.1, -0.05) is 31.5 Å². The second-order valence-corrected chi connectivity index (χ2v) is 5.60. The van der Waals surface area contributed by atoms with E-state index in [1.807, 2.05) is 12.5 Å². The molecule has 0 saturated heterocycles. The molecule has 21 heavy (non-hydrogen) atoms. The van der Waals surface area contributed by atoms with Crippen molar-refractivity contribution >= 4 is 5.69 Å². The van der Waals surface area contributed by atoms with Crippen LogP contribution in [0.5, 0.6) is 0 Å². The Morgan fingerprint density at radius 2 is 2.33 bits per heavy atom. The van der Waals surface area contributed by atoms with E-state index >= 15 is 0 Å². The van der Waals surface area contributed by atoms with E-state index in [0.717, 1.165) is 32.4 Å². The van der Waals surface area contributed by atoms with Gasteiger partial charge in [-0.2, -0.15) is 0 Å². The number of para-hydroxylation sites is 1. The maximum atomic E-state index is 5.40. The number of fused-ring (bicyclic) bond motifs is 1. The van der Waals surface area contributed by atoms with E-state index in [1.54, 1.807) is 7.11 Å². The van der Waals surface area contributed by atoms with Crippen LogP contribution in [-0.4, -0.2) is 29.8 Å². The van der Waals surface area contributed by atoms with Gasteiger partial charge in [0.05, 0.1) is 30.9 Å². The number of nitrogens with zero attached hydrogens (tertiary/aromatic N) is 2. The minimum Gasteiger partial charge on any atom is -0.384 e. The number of aromatic nitrogens is 2. The SMILES string of the molecule is CCCC(COC)n1cncc1-c1cccc2c1NCC2. The van der Waals surface area contributed by atoms with Crippen LogP contribution in [0.2, 0.25) is 0 Å². The fourth-order valence-electron chi connectivity index (χ4n) is 3.19. The Labute approximate surface area is 126 Å². The molecule has 1 aromatic carbocycles. The summed E-state index contributed by atoms with van der Waals surface area (Å²) in [5.74, 6) is 0. The predicted molar refractivity (Wildman–Crippen MR) is 85.7 cm³/mol. The van der Waals surface area contributed by atoms with E-state index in [9.17, 15) is 0 Å². The summed E-state index contributed by atoms with van der Waals surface area (Å²) in [6, 6.07) is 6.87. The molecule has 0 bridgehead atoms. The highest BCUT2D eigenvalue weighted by Crippen LogP contribution is 2.35. The molecular formula is C17H23N3O. The summed E-state index contributed by atoms with van der Waals surface area (Å²) < 4.78 is 7.67. The summed E-state index contributed by atoms with van der Waals surface area (Å²) in [6.45, 7) is 3.96. The molecule has 1 aromatic heterocycles. The van der Waals surface area contributed by atoms with Gasteiger partial charge in [-0.25, -0.2) is 4.98 Å². The molecular weight excluding hydrogens is 262 g/mol. The number of methoxy groups -OCH3 is 1. The van der Waals surface area contributed by atoms with Gasteiger partial charge in [-0.05, 0) is 18.4 Å². The Morgan fingerprint density at radius 1 is 1.43 bits per heavy atom. The fraction of sp³-hybridized carbons (Fsp3) is 0.471. The predicted octanol–water partition coefficient (Wildman–Crippen LogP) is 3.51. The van der Waals surface area contributed by atoms with Crippen LogP contribution < -0.4 is 5.32 Å². The standard InChI is InChI=1S/C17H23N3O/c1-3-5-14(11-21-2)20-12-18-10-16(20)15-7-4-6-13-8-9-19-17(13)15/h4,6-7,10,12,14,19H,3,5,8-9,11H2,1-2H3. The highest BCUT2D eigenvalue weighted by atomic mass is 16.5. The Bertz CT molecular complexity index is 600. The van der Waals surface area contributed by atoms with Crippen LogP contribution in [0.15, 0.2) is 30.7 Å². The Kier molecular flexibility index (Phi) is 4.25. The van der Waals surface area contributed by atoms with Crippen LogP contribution in [-0.2, 0) is 11.2 Å². The van der Waals surface area contributed by atoms with Gasteiger partial charge in [-0.15, -0.1) is 0 Å². The van der Waals surface area contributed by atoms with Crippen molar-refractivity contribution < 1.29 is 4.74 Å². The van der Waals surface area contributed by atoms with E-state index < -0.39 is 0 Å². The highest BCUT2D eigenvalue weighted by Gasteiger charge is 2.20. The molecule has 4 nitrogen and oxygen atoms in total. The van der Waals surface area contributed by atoms with Crippen LogP contribution in [0.25, 0.3) is 11.3 Å². The third kappa shape index (κ3) is 2.68. The molecule has 1 unspecified atom stereocenters. The molecule has 0 spiro atoms. The molecule has 0 radical (unpaired) electrons. The second-order valence-electron chi connectivity index (χ2n) is 5.60. The van der Waals surface area contributed by atoms with E-state index in [2.05, 4.69) is 40.0 Å². The number of rotatable bonds is 6. The lowest BCUT2D eigenvalue weighted by Gasteiger charge is -2.20. The Hall–Kier alpha value is -1.81. The van der Waals surface area contributed by atoms with Crippen LogP contribution >= 0.6 is 0 Å². The smallest absolute Gasteiger partial charge is 0.0954 e. The summed E-state index contributed by atoms with van der Waals surface area (Å²) >= 11 is 0. The molecule has 4 heteroatoms. The maximum Gasteiger partial charge on any atom is 0.0954 e. The molecule has 1 atom stereocenters. The lowest BCUT2D eigenvalue weighted by molar-refractivity contribution is 0.151. The number of nitrogens with one attached hydrogen (secondary N) is 1. The molecule has 0 aliphatic carbocycles. The zero-order valence-corrected chi connectivity index (χ0v) is 12.8. The molecule has 112 valence electrons. The van der Waals surface area contributed by atoms with Gasteiger partial charge in [-0.3, -0.25) is 0 Å². The first kappa shape index (κ1) is 14.1. The van der Waals surface area contributed by atoms with E-state index in [4.69, 9.17) is 4.74 Å². The van der Waals surface area contributed by atoms with Crippen molar-refractivity contribution in [1.29, 1.82) is 0 Å². The lowest BCUT2D eigenvalue weighted by atomic mass is 10.0. The summed E-state index contributed by atoms with van der Waals surface area (Å²) in [5, 5.41) is 3.51. The largest absolute Gasteiger partial charge is 0.384 e. The van der Waals surface area contributed by atoms with Crippen LogP contribution in [0.4, 0.5) is 5.69 Å². The minimum atomic E-state index is 0.342. The lowest BCUT2D eigenvalue weighted by Crippen LogP contribution is -2.15. The molecule has 1 aliphatic heterocycles. The zero-order valence-electron chi connectivity index (χ0n) is 12.8. The number of hydrogen-bond donors (Lipinski definition) is 1. The normalized spacial score (nSPS) is 14.8. The van der Waals surface area contributed by atoms with Gasteiger partial charge in [0.25, 0.3) is 0 Å². The third-order valence-electron chi connectivity index (χ3n) is 4.16. The molecule has 1 N–H and O–H groups in total. The van der Waals surface area contributed by atoms with Crippen molar-refractivity contribution in [3.8, 4) is 11.3 Å². The number of anilines is 1. The first-order chi connectivity index (χ1) is 10.3. The molecule has 0 fully saturated rings. The van der Waals surface area contributed by atoms with Gasteiger partial charge in [0.2, 0.25) is 0 Å². The fourth-order valence-corrected chi connectivity index (χ4v) is 3.19. The molecule has 0 saturated carbocycles. The molecule has 0 amide bonds. The number of hydrogen-bond acceptors (Lipinski definition) is 3. The monoisotopic (exact) mass is 285 g/mol. The number of benzene rings is 1. The molecule has 2 aromatic rings. The average molecular weight is 285 g/mol. The quantitative estimate of drug-likeness (QED) is 0.883. The number of imidazole rings is 1. The summed E-state index contributed by atoms with van der Waals surface area (Å²) in [5.41, 5.74) is 5.10. The first-order valence-electron chi connectivity index (χ1n) is 7.72. The first-order valence-corrected chi connectivity index (χ1v) is 7.72. The average Bonchev–Trinajstić information content (AvgIpc) is 3.15. The highest BCUT2D eigenvalue weighted by molar-refractivity contribution is 5.79. The van der Waals surface area contributed by atoms with Crippen molar-refractivity contribution in [2.45, 2.75) is 32.2 Å². The Morgan fingerprint density at radius 3 is 3.14 bits per heavy atom. The van der Waals surface area contributed by atoms with Crippen molar-refractivity contribution in [2.75, 3.05) is 25.6 Å². The van der Waals surface area contributed by atoms with Gasteiger partial charge in [0.1, 0.15) is 0 Å². The summed E-state index contributed by atoms with van der Waals surface area (Å²) in [7, 11) is 1.76. The van der Waals surface area contributed by atoms with Gasteiger partial charge >= 0.3 is 0 Å². The van der Waals surface area contributed by atoms with Crippen LogP contribution in [0.3, 0.4) is 0 Å². The second kappa shape index (κ2) is 6.31. The number of ether oxygens (including phenoxy) is 1. The van der Waals surface area contributed by atoms with Crippen LogP contribution in [0.1, 0.15) is 31.4 Å². The zero-order chi connectivity index (χ0) is 14.7. The van der Waals surface area contributed by atoms with Gasteiger partial charge < -0.3 is 14.6 Å². The van der Waals surface area contributed by atoms with Gasteiger partial charge in [0, 0.05) is 24.9 Å². The minimum absolute atomic E-state index is 0.342. The van der Waals surface area contributed by atoms with Crippen molar-refractivity contribution in [1.82, 2.24) is 9.55 Å². The van der Waals surface area contributed by atoms with Crippen LogP contribution in [0, 0.1) is 0 Å². The molecule has 2 heterocycles.